The Morgan fingerprint density at radius 2 is 2.45 bits per heavy atom. The second-order valence-electron chi connectivity index (χ2n) is 2.15. The molecule has 0 radical (unpaired) electrons. The van der Waals surface area contributed by atoms with Crippen LogP contribution in [0.3, 0.4) is 0 Å². The summed E-state index contributed by atoms with van der Waals surface area (Å²) >= 11 is 4.88. The monoisotopic (exact) mass is 171 g/mol. The van der Waals surface area contributed by atoms with Crippen molar-refractivity contribution >= 4 is 18.0 Å². The Kier molecular flexibility index (Phi) is 2.19. The van der Waals surface area contributed by atoms with Gasteiger partial charge in [-0.1, -0.05) is 0 Å². The SMILES string of the molecule is CCn1c(C(C)=O)n[nH]c1=S. The Balaban J connectivity index is 3.27. The number of nitrogens with zero attached hydrogens (tertiary/aromatic N) is 2. The maximum Gasteiger partial charge on any atom is 0.198 e. The first-order valence-corrected chi connectivity index (χ1v) is 3.73. The quantitative estimate of drug-likeness (QED) is 0.536. The molecule has 0 bridgehead atoms. The summed E-state index contributed by atoms with van der Waals surface area (Å²) in [5, 5.41) is 6.35. The van der Waals surface area contributed by atoms with Crippen molar-refractivity contribution < 1.29 is 4.79 Å². The Bertz CT molecular complexity index is 325. The molecule has 0 aliphatic carbocycles. The first-order valence-electron chi connectivity index (χ1n) is 3.33. The van der Waals surface area contributed by atoms with Crippen LogP contribution >= 0.6 is 12.2 Å². The number of rotatable bonds is 2. The minimum atomic E-state index is -0.0702. The van der Waals surface area contributed by atoms with Crippen LogP contribution in [-0.2, 0) is 6.54 Å². The van der Waals surface area contributed by atoms with Crippen molar-refractivity contribution in [3.05, 3.63) is 10.6 Å². The van der Waals surface area contributed by atoms with Gasteiger partial charge in [0.2, 0.25) is 0 Å². The van der Waals surface area contributed by atoms with E-state index in [0.717, 1.165) is 0 Å². The summed E-state index contributed by atoms with van der Waals surface area (Å²) in [6.07, 6.45) is 0. The lowest BCUT2D eigenvalue weighted by Gasteiger charge is -1.96. The van der Waals surface area contributed by atoms with Gasteiger partial charge >= 0.3 is 0 Å². The summed E-state index contributed by atoms with van der Waals surface area (Å²) in [4.78, 5) is 10.9. The van der Waals surface area contributed by atoms with Crippen LogP contribution in [0.15, 0.2) is 0 Å². The molecule has 1 aromatic rings. The van der Waals surface area contributed by atoms with Gasteiger partial charge in [0.15, 0.2) is 16.4 Å². The molecule has 1 N–H and O–H groups in total. The van der Waals surface area contributed by atoms with Crippen LogP contribution in [0.5, 0.6) is 0 Å². The minimum Gasteiger partial charge on any atom is -0.298 e. The fourth-order valence-corrected chi connectivity index (χ4v) is 1.14. The van der Waals surface area contributed by atoms with Gasteiger partial charge in [-0.15, -0.1) is 0 Å². The van der Waals surface area contributed by atoms with Gasteiger partial charge in [0.1, 0.15) is 0 Å². The van der Waals surface area contributed by atoms with Gasteiger partial charge in [-0.2, -0.15) is 5.10 Å². The standard InChI is InChI=1S/C6H9N3OS/c1-3-9-5(4(2)10)7-8-6(9)11/h3H2,1-2H3,(H,8,11). The molecular formula is C6H9N3OS. The normalized spacial score (nSPS) is 10.0. The summed E-state index contributed by atoms with van der Waals surface area (Å²) < 4.78 is 2.16. The third-order valence-corrected chi connectivity index (χ3v) is 1.70. The highest BCUT2D eigenvalue weighted by Crippen LogP contribution is 1.97. The van der Waals surface area contributed by atoms with Gasteiger partial charge in [0.05, 0.1) is 0 Å². The van der Waals surface area contributed by atoms with Crippen molar-refractivity contribution in [2.75, 3.05) is 0 Å². The highest BCUT2D eigenvalue weighted by Gasteiger charge is 2.07. The highest BCUT2D eigenvalue weighted by molar-refractivity contribution is 7.71. The summed E-state index contributed by atoms with van der Waals surface area (Å²) in [7, 11) is 0. The van der Waals surface area contributed by atoms with Crippen LogP contribution in [-0.4, -0.2) is 20.5 Å². The molecule has 0 amide bonds. The number of aromatic amines is 1. The summed E-state index contributed by atoms with van der Waals surface area (Å²) in [6, 6.07) is 0. The number of carbonyl (C=O) groups is 1. The van der Waals surface area contributed by atoms with Gasteiger partial charge in [-0.25, -0.2) is 0 Å². The van der Waals surface area contributed by atoms with E-state index in [1.165, 1.54) is 6.92 Å². The van der Waals surface area contributed by atoms with Crippen molar-refractivity contribution in [2.24, 2.45) is 0 Å². The zero-order valence-corrected chi connectivity index (χ0v) is 7.23. The second kappa shape index (κ2) is 2.96. The predicted octanol–water partition coefficient (Wildman–Crippen LogP) is 1.16. The fraction of sp³-hybridized carbons (Fsp3) is 0.500. The van der Waals surface area contributed by atoms with Crippen molar-refractivity contribution in [2.45, 2.75) is 20.4 Å². The van der Waals surface area contributed by atoms with Gasteiger partial charge in [-0.05, 0) is 19.1 Å². The summed E-state index contributed by atoms with van der Waals surface area (Å²) in [5.74, 6) is 0.330. The maximum absolute atomic E-state index is 10.9. The number of ketones is 1. The molecule has 0 atom stereocenters. The number of aromatic nitrogens is 3. The zero-order chi connectivity index (χ0) is 8.43. The summed E-state index contributed by atoms with van der Waals surface area (Å²) in [6.45, 7) is 4.05. The van der Waals surface area contributed by atoms with Crippen molar-refractivity contribution in [3.63, 3.8) is 0 Å². The molecule has 1 rings (SSSR count). The Labute approximate surface area is 69.2 Å². The topological polar surface area (TPSA) is 50.7 Å². The van der Waals surface area contributed by atoms with Gasteiger partial charge in [0, 0.05) is 13.5 Å². The van der Waals surface area contributed by atoms with Gasteiger partial charge in [0.25, 0.3) is 0 Å². The van der Waals surface area contributed by atoms with Crippen LogP contribution in [0.1, 0.15) is 24.5 Å². The van der Waals surface area contributed by atoms with E-state index in [1.54, 1.807) is 4.57 Å². The van der Waals surface area contributed by atoms with Crippen molar-refractivity contribution in [1.29, 1.82) is 0 Å². The molecule has 11 heavy (non-hydrogen) atoms. The number of nitrogens with one attached hydrogen (secondary N) is 1. The smallest absolute Gasteiger partial charge is 0.198 e. The predicted molar refractivity (Wildman–Crippen MR) is 43.1 cm³/mol. The second-order valence-corrected chi connectivity index (χ2v) is 2.54. The van der Waals surface area contributed by atoms with Crippen molar-refractivity contribution in [1.82, 2.24) is 14.8 Å². The van der Waals surface area contributed by atoms with E-state index in [4.69, 9.17) is 12.2 Å². The van der Waals surface area contributed by atoms with Crippen LogP contribution < -0.4 is 0 Å². The van der Waals surface area contributed by atoms with Gasteiger partial charge < -0.3 is 0 Å². The van der Waals surface area contributed by atoms with E-state index in [9.17, 15) is 4.79 Å². The van der Waals surface area contributed by atoms with E-state index >= 15 is 0 Å². The first kappa shape index (κ1) is 8.13. The molecule has 60 valence electrons. The Morgan fingerprint density at radius 3 is 2.82 bits per heavy atom. The van der Waals surface area contributed by atoms with Crippen LogP contribution in [0, 0.1) is 4.77 Å². The van der Waals surface area contributed by atoms with E-state index in [2.05, 4.69) is 10.2 Å². The average molecular weight is 171 g/mol. The number of carbonyl (C=O) groups excluding carboxylic acids is 1. The number of Topliss-reactive ketones (excluding diaryl/α,β-unsaturated/α-hetero) is 1. The zero-order valence-electron chi connectivity index (χ0n) is 6.42. The van der Waals surface area contributed by atoms with E-state index in [0.29, 0.717) is 17.1 Å². The maximum atomic E-state index is 10.9. The van der Waals surface area contributed by atoms with Crippen LogP contribution in [0.25, 0.3) is 0 Å². The number of hydrogen-bond acceptors (Lipinski definition) is 3. The lowest BCUT2D eigenvalue weighted by atomic mass is 10.4. The molecule has 0 saturated carbocycles. The van der Waals surface area contributed by atoms with Crippen LogP contribution in [0.2, 0.25) is 0 Å². The molecule has 0 aromatic carbocycles. The molecule has 5 heteroatoms. The molecule has 1 aromatic heterocycles. The largest absolute Gasteiger partial charge is 0.298 e. The van der Waals surface area contributed by atoms with E-state index in [1.807, 2.05) is 6.92 Å². The third kappa shape index (κ3) is 1.37. The Hall–Kier alpha value is -0.970. The fourth-order valence-electron chi connectivity index (χ4n) is 0.880. The van der Waals surface area contributed by atoms with E-state index in [-0.39, 0.29) is 5.78 Å². The van der Waals surface area contributed by atoms with E-state index < -0.39 is 0 Å². The molecule has 4 nitrogen and oxygen atoms in total. The van der Waals surface area contributed by atoms with Crippen LogP contribution in [0.4, 0.5) is 0 Å². The molecule has 0 saturated heterocycles. The minimum absolute atomic E-state index is 0.0702. The first-order chi connectivity index (χ1) is 5.16. The lowest BCUT2D eigenvalue weighted by molar-refractivity contribution is 0.0999. The third-order valence-electron chi connectivity index (χ3n) is 1.39. The lowest BCUT2D eigenvalue weighted by Crippen LogP contribution is -2.06. The molecule has 1 heterocycles. The Morgan fingerprint density at radius 1 is 1.82 bits per heavy atom. The highest BCUT2D eigenvalue weighted by atomic mass is 32.1. The molecule has 0 unspecified atom stereocenters. The van der Waals surface area contributed by atoms with Gasteiger partial charge in [-0.3, -0.25) is 14.5 Å². The molecule has 0 fully saturated rings. The molecule has 0 spiro atoms. The van der Waals surface area contributed by atoms with Crippen molar-refractivity contribution in [3.8, 4) is 0 Å². The molecule has 0 aliphatic rings. The number of H-pyrrole nitrogens is 1. The average Bonchev–Trinajstić information content (AvgIpc) is 2.30. The molecular weight excluding hydrogens is 162 g/mol. The molecule has 0 aliphatic heterocycles. The summed E-state index contributed by atoms with van der Waals surface area (Å²) in [5.41, 5.74) is 0. The number of hydrogen-bond donors (Lipinski definition) is 1.